The Labute approximate surface area is 681 Å². The Bertz CT molecular complexity index is 4610. The van der Waals surface area contributed by atoms with Crippen molar-refractivity contribution in [2.24, 2.45) is 23.1 Å². The van der Waals surface area contributed by atoms with Gasteiger partial charge < -0.3 is 148 Å². The number of amides is 7. The van der Waals surface area contributed by atoms with E-state index in [-0.39, 0.29) is 70.5 Å². The first-order valence-corrected chi connectivity index (χ1v) is 38.9. The van der Waals surface area contributed by atoms with E-state index in [0.29, 0.717) is 26.2 Å². The number of hydrogen-bond acceptors (Lipinski definition) is 30. The summed E-state index contributed by atoms with van der Waals surface area (Å²) < 4.78 is 52.1. The van der Waals surface area contributed by atoms with E-state index in [4.69, 9.17) is 66.7 Å². The molecule has 5 aromatic carbocycles. The molecule has 9 aliphatic heterocycles. The monoisotopic (exact) mass is 1670 g/mol. The van der Waals surface area contributed by atoms with E-state index >= 15 is 24.0 Å². The Morgan fingerprint density at radius 2 is 1.29 bits per heavy atom. The Morgan fingerprint density at radius 1 is 0.686 bits per heavy atom. The van der Waals surface area contributed by atoms with Gasteiger partial charge in [0.2, 0.25) is 53.4 Å². The van der Waals surface area contributed by atoms with Crippen LogP contribution in [0.3, 0.4) is 0 Å². The Kier molecular flexibility index (Phi) is 26.5. The number of rotatable bonds is 17. The van der Waals surface area contributed by atoms with Crippen molar-refractivity contribution >= 4 is 58.9 Å². The number of nitrogens with one attached hydrogen (secondary N) is 7. The fourth-order valence-corrected chi connectivity index (χ4v) is 15.9. The molecular formula is C79H101ClN12O26. The summed E-state index contributed by atoms with van der Waals surface area (Å²) >= 11 is 7.18. The summed E-state index contributed by atoms with van der Waals surface area (Å²) in [5, 5.41) is 135. The first-order valence-electron chi connectivity index (χ1n) is 38.5. The predicted molar refractivity (Wildman–Crippen MR) is 413 cm³/mol. The topological polar surface area (TPSA) is 581 Å². The van der Waals surface area contributed by atoms with Gasteiger partial charge in [0, 0.05) is 73.3 Å². The van der Waals surface area contributed by atoms with Crippen LogP contribution in [0.5, 0.6) is 46.0 Å². The predicted octanol–water partition coefficient (Wildman–Crippen LogP) is -0.562. The molecule has 14 rings (SSSR count). The van der Waals surface area contributed by atoms with Crippen LogP contribution in [0.4, 0.5) is 0 Å². The van der Waals surface area contributed by atoms with Gasteiger partial charge in [0.1, 0.15) is 89.5 Å². The molecule has 0 spiro atoms. The fourth-order valence-electron chi connectivity index (χ4n) is 15.7. The van der Waals surface area contributed by atoms with E-state index in [1.165, 1.54) is 71.1 Å². The number of halogens is 1. The molecule has 11 bridgehead atoms. The largest absolute Gasteiger partial charge is 0.507 e. The third kappa shape index (κ3) is 18.8. The number of fused-ring (bicyclic) bond motifs is 15. The molecule has 5 aromatic rings. The van der Waals surface area contributed by atoms with Gasteiger partial charge in [-0.2, -0.15) is 0 Å². The second-order valence-electron chi connectivity index (χ2n) is 32.0. The average molecular weight is 1670 g/mol. The molecule has 0 saturated carbocycles. The highest BCUT2D eigenvalue weighted by Crippen LogP contribution is 2.51. The SMILES string of the molecule is CNC(CC(C)C)C(=O)NC1C(=O)NC(CC(N)=O)C(=O)NC2C(=O)NC3C(=O)NC(C(=O)NC(C(=O)O)c4cc(O)c(CN5CCN(C)CC5)c(O)c4-c4cc3ccc4O)C(O[C@H]3C[C@](C)(N)[C@@H](O)[C@H](C)O3)c3ccc(cc3)Oc3cc2cc(c3O[C@@H]2O[C@H](CO)[C@@H](O)[C@H](O)[C@H]2O[C@H]2C[C@](C)(N)[C@@H](O)[C@H](C)O2)Oc2ccc(cc2Cl)C1O. The molecule has 4 fully saturated rings. The minimum absolute atomic E-state index is 0.0387. The van der Waals surface area contributed by atoms with Crippen molar-refractivity contribution in [3.05, 3.63) is 117 Å². The molecule has 640 valence electrons. The molecule has 118 heavy (non-hydrogen) atoms. The van der Waals surface area contributed by atoms with Crippen molar-refractivity contribution in [1.82, 2.24) is 47.0 Å². The lowest BCUT2D eigenvalue weighted by Gasteiger charge is -2.47. The lowest BCUT2D eigenvalue weighted by molar-refractivity contribution is -0.333. The lowest BCUT2D eigenvalue weighted by atomic mass is 9.86. The number of phenolic OH excluding ortho intramolecular Hbond substituents is 3. The smallest absolute Gasteiger partial charge is 0.330 e. The molecule has 0 aromatic heterocycles. The third-order valence-electron chi connectivity index (χ3n) is 22.3. The van der Waals surface area contributed by atoms with Crippen LogP contribution < -0.4 is 68.6 Å². The van der Waals surface area contributed by atoms with Crippen molar-refractivity contribution in [1.29, 1.82) is 0 Å². The van der Waals surface area contributed by atoms with E-state index in [9.17, 15) is 65.4 Å². The van der Waals surface area contributed by atoms with E-state index in [0.717, 1.165) is 42.5 Å². The summed E-state index contributed by atoms with van der Waals surface area (Å²) in [6.45, 7) is 10.5. The number of carboxylic acids is 1. The summed E-state index contributed by atoms with van der Waals surface area (Å²) in [6.07, 6.45) is -22.5. The minimum Gasteiger partial charge on any atom is -0.507 e. The number of benzene rings is 5. The zero-order chi connectivity index (χ0) is 85.6. The number of piperazine rings is 1. The van der Waals surface area contributed by atoms with Gasteiger partial charge in [0.05, 0.1) is 54.1 Å². The number of primary amides is 1. The molecule has 9 aliphatic rings. The highest BCUT2D eigenvalue weighted by Gasteiger charge is 2.53. The van der Waals surface area contributed by atoms with Crippen LogP contribution in [-0.4, -0.2) is 258 Å². The summed E-state index contributed by atoms with van der Waals surface area (Å²) in [5.41, 5.74) is 13.7. The quantitative estimate of drug-likeness (QED) is 0.0555. The van der Waals surface area contributed by atoms with Gasteiger partial charge >= 0.3 is 5.97 Å². The molecule has 0 aliphatic carbocycles. The number of likely N-dealkylation sites (N-methyl/N-ethyl adjacent to an activating group) is 2. The number of phenols is 3. The van der Waals surface area contributed by atoms with E-state index in [2.05, 4.69) is 37.2 Å². The summed E-state index contributed by atoms with van der Waals surface area (Å²) in [7, 11) is 3.38. The number of nitrogens with zero attached hydrogens (tertiary/aromatic N) is 2. The number of hydrogen-bond donors (Lipinski definition) is 20. The third-order valence-corrected chi connectivity index (χ3v) is 22.6. The minimum atomic E-state index is -2.36. The normalized spacial score (nSPS) is 32.0. The molecule has 22 atom stereocenters. The number of carbonyl (C=O) groups is 8. The highest BCUT2D eigenvalue weighted by atomic mass is 35.5. The van der Waals surface area contributed by atoms with Crippen LogP contribution in [0.25, 0.3) is 11.1 Å². The van der Waals surface area contributed by atoms with Crippen LogP contribution in [0.2, 0.25) is 5.02 Å². The molecule has 0 radical (unpaired) electrons. The van der Waals surface area contributed by atoms with Crippen molar-refractivity contribution < 1.29 is 127 Å². The molecule has 9 unspecified atom stereocenters. The number of aliphatic hydroxyl groups is 6. The lowest BCUT2D eigenvalue weighted by Crippen LogP contribution is -2.64. The maximum atomic E-state index is 16.6. The van der Waals surface area contributed by atoms with Gasteiger partial charge in [-0.15, -0.1) is 0 Å². The number of aromatic hydroxyl groups is 3. The number of nitrogens with two attached hydrogens (primary N) is 3. The van der Waals surface area contributed by atoms with Crippen LogP contribution in [0.15, 0.2) is 78.9 Å². The highest BCUT2D eigenvalue weighted by molar-refractivity contribution is 6.32. The van der Waals surface area contributed by atoms with E-state index < -0.39 is 250 Å². The van der Waals surface area contributed by atoms with Gasteiger partial charge in [-0.05, 0) is 131 Å². The van der Waals surface area contributed by atoms with E-state index in [1.54, 1.807) is 0 Å². The summed E-state index contributed by atoms with van der Waals surface area (Å²) in [5.74, 6) is -15.3. The number of ether oxygens (including phenoxy) is 8. The fraction of sp³-hybridized carbons (Fsp3) is 0.519. The van der Waals surface area contributed by atoms with Crippen molar-refractivity contribution in [3.8, 4) is 57.1 Å². The van der Waals surface area contributed by atoms with Crippen LogP contribution in [0.1, 0.15) is 131 Å². The van der Waals surface area contributed by atoms with E-state index in [1.807, 2.05) is 30.7 Å². The van der Waals surface area contributed by atoms with Crippen LogP contribution >= 0.6 is 11.6 Å². The summed E-state index contributed by atoms with van der Waals surface area (Å²) in [6, 6.07) is 0.992. The standard InChI is InChI=1S/C79H101ClN12O26/c1-32(2)21-44(84-7)70(103)89-59-61(97)37-12-16-48(43(80)23-37)114-50-25-38-24-49(66(50)118-77-67(64(100)63(99)51(31-93)115-77)117-54-29-79(6,83)69(102)34(4)112-54)113-39-13-9-35(10-14-39)65(116-53-28-78(5,82)68(101)33(3)111-53)60-75(108)88-58(76(109)110)41-26-47(95)42(30-92-19-17-91(8)18-20-92)62(98)55(41)40-22-36(11-15-46(40)94)56(72(105)90-60)87-73(106)57(38)86-71(104)45(27-52(81)96)85-74(59)107/h9-16,22-26,32-34,44-45,51,53-54,56-61,63-65,67-69,77,84,93-95,97-102H,17-21,27-31,82-83H2,1-8H3,(H2,81,96)(H,85,107)(H,86,104)(H,87,106)(H,88,108)(H,89,103)(H,90,105)(H,109,110)/t33-,34-,44?,45?,51+,53-,54-,56?,57?,58?,59?,60?,61?,63+,64-,65?,67+,68-,69-,77-,78-,79-/m0/s1. The molecule has 7 amide bonds. The molecular weight excluding hydrogens is 1570 g/mol. The molecule has 23 N–H and O–H groups in total. The number of aliphatic hydroxyl groups excluding tert-OH is 6. The Hall–Kier alpha value is -9.69. The molecule has 9 heterocycles. The number of carbonyl (C=O) groups excluding carboxylic acids is 7. The zero-order valence-electron chi connectivity index (χ0n) is 65.7. The number of carboxylic acid groups (broad SMARTS) is 1. The Morgan fingerprint density at radius 3 is 1.89 bits per heavy atom. The first-order chi connectivity index (χ1) is 55.7. The zero-order valence-corrected chi connectivity index (χ0v) is 66.5. The maximum Gasteiger partial charge on any atom is 0.330 e. The van der Waals surface area contributed by atoms with Gasteiger partial charge in [-0.1, -0.05) is 49.7 Å². The molecule has 4 saturated heterocycles. The molecule has 38 nitrogen and oxygen atoms in total. The van der Waals surface area contributed by atoms with Gasteiger partial charge in [0.25, 0.3) is 0 Å². The van der Waals surface area contributed by atoms with Crippen LogP contribution in [0, 0.1) is 5.92 Å². The van der Waals surface area contributed by atoms with Crippen LogP contribution in [-0.2, 0) is 68.6 Å². The average Bonchev–Trinajstić information content (AvgIpc) is 0.755. The first kappa shape index (κ1) is 87.6. The Balaban J connectivity index is 1.12. The summed E-state index contributed by atoms with van der Waals surface area (Å²) in [4.78, 5) is 125. The number of aliphatic carboxylic acids is 1. The van der Waals surface area contributed by atoms with Crippen molar-refractivity contribution in [2.45, 2.75) is 207 Å². The van der Waals surface area contributed by atoms with Crippen molar-refractivity contribution in [3.63, 3.8) is 0 Å². The van der Waals surface area contributed by atoms with Gasteiger partial charge in [-0.25, -0.2) is 4.79 Å². The second-order valence-corrected chi connectivity index (χ2v) is 32.4. The van der Waals surface area contributed by atoms with Gasteiger partial charge in [-0.3, -0.25) is 38.5 Å². The van der Waals surface area contributed by atoms with Crippen molar-refractivity contribution in [2.75, 3.05) is 46.9 Å². The molecule has 39 heteroatoms. The maximum absolute atomic E-state index is 16.6. The second kappa shape index (κ2) is 35.7. The van der Waals surface area contributed by atoms with Gasteiger partial charge in [0.15, 0.2) is 36.2 Å².